The first-order chi connectivity index (χ1) is 11.5. The number of carbonyl (C=O) groups is 3. The van der Waals surface area contributed by atoms with Crippen molar-refractivity contribution in [2.24, 2.45) is 0 Å². The van der Waals surface area contributed by atoms with Crippen LogP contribution in [0, 0.1) is 13.8 Å². The van der Waals surface area contributed by atoms with Crippen molar-refractivity contribution in [1.29, 1.82) is 0 Å². The van der Waals surface area contributed by atoms with Gasteiger partial charge in [0.1, 0.15) is 5.69 Å². The van der Waals surface area contributed by atoms with Crippen LogP contribution in [0.3, 0.4) is 0 Å². The zero-order valence-corrected chi connectivity index (χ0v) is 14.4. The zero-order valence-electron chi connectivity index (χ0n) is 14.4. The minimum Gasteiger partial charge on any atom is -0.462 e. The average molecular weight is 336 g/mol. The highest BCUT2D eigenvalue weighted by atomic mass is 16.5. The smallest absolute Gasteiger partial charge is 0.355 e. The molecule has 0 saturated carbocycles. The molecule has 1 N–H and O–H groups in total. The first kappa shape index (κ1) is 18.0. The summed E-state index contributed by atoms with van der Waals surface area (Å²) in [6, 6.07) is 0. The van der Waals surface area contributed by atoms with Gasteiger partial charge in [0.15, 0.2) is 6.61 Å². The lowest BCUT2D eigenvalue weighted by atomic mass is 10.1. The molecular weight excluding hydrogens is 312 g/mol. The van der Waals surface area contributed by atoms with Crippen molar-refractivity contribution in [3.05, 3.63) is 22.5 Å². The Kier molecular flexibility index (Phi) is 6.00. The number of carbonyl (C=O) groups excluding carboxylic acids is 3. The van der Waals surface area contributed by atoms with Gasteiger partial charge < -0.3 is 19.4 Å². The number of hydrogen-bond acceptors (Lipinski definition) is 5. The standard InChI is InChI=1S/C17H24N2O5/c1-4-23-16(21)14-11(2)15(18-12(14)3)17(22)24-10-13(20)19-8-6-5-7-9-19/h18H,4-10H2,1-3H3. The molecule has 0 unspecified atom stereocenters. The van der Waals surface area contributed by atoms with Crippen LogP contribution in [0.1, 0.15) is 58.3 Å². The van der Waals surface area contributed by atoms with Gasteiger partial charge in [-0.2, -0.15) is 0 Å². The average Bonchev–Trinajstić information content (AvgIpc) is 2.88. The molecule has 1 amide bonds. The summed E-state index contributed by atoms with van der Waals surface area (Å²) in [6.45, 7) is 6.45. The van der Waals surface area contributed by atoms with Gasteiger partial charge in [0.2, 0.25) is 0 Å². The van der Waals surface area contributed by atoms with Crippen LogP contribution < -0.4 is 0 Å². The molecule has 0 aliphatic carbocycles. The summed E-state index contributed by atoms with van der Waals surface area (Å²) in [6.07, 6.45) is 3.09. The van der Waals surface area contributed by atoms with Crippen LogP contribution in [0.15, 0.2) is 0 Å². The lowest BCUT2D eigenvalue weighted by molar-refractivity contribution is -0.135. The number of aromatic nitrogens is 1. The molecule has 1 fully saturated rings. The quantitative estimate of drug-likeness (QED) is 0.831. The van der Waals surface area contributed by atoms with Crippen LogP contribution in [-0.4, -0.2) is 54.0 Å². The van der Waals surface area contributed by atoms with E-state index in [-0.39, 0.29) is 24.8 Å². The third kappa shape index (κ3) is 3.96. The van der Waals surface area contributed by atoms with Crippen molar-refractivity contribution >= 4 is 17.8 Å². The van der Waals surface area contributed by atoms with E-state index in [0.29, 0.717) is 29.9 Å². The van der Waals surface area contributed by atoms with Gasteiger partial charge in [-0.05, 0) is 45.6 Å². The van der Waals surface area contributed by atoms with Crippen LogP contribution in [0.2, 0.25) is 0 Å². The Morgan fingerprint density at radius 2 is 1.71 bits per heavy atom. The molecular formula is C17H24N2O5. The number of aromatic amines is 1. The van der Waals surface area contributed by atoms with Crippen molar-refractivity contribution < 1.29 is 23.9 Å². The second kappa shape index (κ2) is 7.99. The number of aryl methyl sites for hydroxylation is 1. The summed E-state index contributed by atoms with van der Waals surface area (Å²) in [4.78, 5) is 40.8. The van der Waals surface area contributed by atoms with E-state index < -0.39 is 11.9 Å². The Morgan fingerprint density at radius 1 is 1.04 bits per heavy atom. The van der Waals surface area contributed by atoms with E-state index in [0.717, 1.165) is 19.3 Å². The first-order valence-electron chi connectivity index (χ1n) is 8.26. The fourth-order valence-corrected chi connectivity index (χ4v) is 2.90. The van der Waals surface area contributed by atoms with Crippen molar-refractivity contribution in [3.63, 3.8) is 0 Å². The molecule has 0 aromatic carbocycles. The van der Waals surface area contributed by atoms with Crippen LogP contribution in [0.4, 0.5) is 0 Å². The maximum absolute atomic E-state index is 12.2. The molecule has 1 aliphatic heterocycles. The highest BCUT2D eigenvalue weighted by Gasteiger charge is 2.25. The fraction of sp³-hybridized carbons (Fsp3) is 0.588. The number of amides is 1. The molecule has 1 saturated heterocycles. The minimum absolute atomic E-state index is 0.182. The van der Waals surface area contributed by atoms with Crippen LogP contribution in [0.5, 0.6) is 0 Å². The number of likely N-dealkylation sites (tertiary alicyclic amines) is 1. The van der Waals surface area contributed by atoms with Gasteiger partial charge >= 0.3 is 11.9 Å². The third-order valence-corrected chi connectivity index (χ3v) is 4.16. The number of ether oxygens (including phenoxy) is 2. The summed E-state index contributed by atoms with van der Waals surface area (Å²) >= 11 is 0. The molecule has 7 heteroatoms. The van der Waals surface area contributed by atoms with Crippen molar-refractivity contribution in [3.8, 4) is 0 Å². The number of H-pyrrole nitrogens is 1. The van der Waals surface area contributed by atoms with Gasteiger partial charge in [-0.15, -0.1) is 0 Å². The molecule has 0 spiro atoms. The predicted molar refractivity (Wildman–Crippen MR) is 86.9 cm³/mol. The third-order valence-electron chi connectivity index (χ3n) is 4.16. The van der Waals surface area contributed by atoms with Gasteiger partial charge in [-0.1, -0.05) is 0 Å². The summed E-state index contributed by atoms with van der Waals surface area (Å²) in [5.74, 6) is -1.31. The Bertz CT molecular complexity index is 629. The van der Waals surface area contributed by atoms with E-state index in [1.165, 1.54) is 0 Å². The number of esters is 2. The molecule has 0 atom stereocenters. The number of nitrogens with zero attached hydrogens (tertiary/aromatic N) is 1. The molecule has 1 aromatic heterocycles. The van der Waals surface area contributed by atoms with E-state index in [2.05, 4.69) is 4.98 Å². The van der Waals surface area contributed by atoms with Gasteiger partial charge in [0.05, 0.1) is 12.2 Å². The van der Waals surface area contributed by atoms with Gasteiger partial charge in [-0.3, -0.25) is 4.79 Å². The first-order valence-corrected chi connectivity index (χ1v) is 8.26. The van der Waals surface area contributed by atoms with E-state index in [1.54, 1.807) is 25.7 Å². The van der Waals surface area contributed by atoms with Gasteiger partial charge in [-0.25, -0.2) is 9.59 Å². The summed E-state index contributed by atoms with van der Waals surface area (Å²) in [5.41, 5.74) is 1.54. The highest BCUT2D eigenvalue weighted by molar-refractivity contribution is 5.99. The van der Waals surface area contributed by atoms with Crippen LogP contribution >= 0.6 is 0 Å². The van der Waals surface area contributed by atoms with Crippen molar-refractivity contribution in [1.82, 2.24) is 9.88 Å². The monoisotopic (exact) mass is 336 g/mol. The second-order valence-corrected chi connectivity index (χ2v) is 5.86. The predicted octanol–water partition coefficient (Wildman–Crippen LogP) is 1.98. The molecule has 24 heavy (non-hydrogen) atoms. The summed E-state index contributed by atoms with van der Waals surface area (Å²) in [7, 11) is 0. The molecule has 132 valence electrons. The second-order valence-electron chi connectivity index (χ2n) is 5.86. The topological polar surface area (TPSA) is 88.7 Å². The van der Waals surface area contributed by atoms with Crippen molar-refractivity contribution in [2.45, 2.75) is 40.0 Å². The van der Waals surface area contributed by atoms with E-state index in [4.69, 9.17) is 9.47 Å². The maximum atomic E-state index is 12.2. The lowest BCUT2D eigenvalue weighted by Crippen LogP contribution is -2.38. The molecule has 2 rings (SSSR count). The molecule has 0 radical (unpaired) electrons. The molecule has 0 bridgehead atoms. The van der Waals surface area contributed by atoms with Gasteiger partial charge in [0, 0.05) is 18.8 Å². The Morgan fingerprint density at radius 3 is 2.33 bits per heavy atom. The number of rotatable bonds is 5. The molecule has 7 nitrogen and oxygen atoms in total. The van der Waals surface area contributed by atoms with Gasteiger partial charge in [0.25, 0.3) is 5.91 Å². The van der Waals surface area contributed by atoms with E-state index >= 15 is 0 Å². The van der Waals surface area contributed by atoms with E-state index in [1.807, 2.05) is 0 Å². The normalized spacial score (nSPS) is 14.4. The molecule has 1 aliphatic rings. The van der Waals surface area contributed by atoms with E-state index in [9.17, 15) is 14.4 Å². The SMILES string of the molecule is CCOC(=O)c1c(C)[nH]c(C(=O)OCC(=O)N2CCCCC2)c1C. The highest BCUT2D eigenvalue weighted by Crippen LogP contribution is 2.20. The van der Waals surface area contributed by atoms with Crippen LogP contribution in [-0.2, 0) is 14.3 Å². The molecule has 1 aromatic rings. The molecule has 2 heterocycles. The maximum Gasteiger partial charge on any atom is 0.355 e. The fourth-order valence-electron chi connectivity index (χ4n) is 2.90. The summed E-state index contributed by atoms with van der Waals surface area (Å²) in [5, 5.41) is 0. The van der Waals surface area contributed by atoms with Crippen LogP contribution in [0.25, 0.3) is 0 Å². The number of piperidine rings is 1. The Labute approximate surface area is 141 Å². The summed E-state index contributed by atoms with van der Waals surface area (Å²) < 4.78 is 10.1. The van der Waals surface area contributed by atoms with Crippen molar-refractivity contribution in [2.75, 3.05) is 26.3 Å². The largest absolute Gasteiger partial charge is 0.462 e. The Hall–Kier alpha value is -2.31. The number of hydrogen-bond donors (Lipinski definition) is 1. The minimum atomic E-state index is -0.642. The Balaban J connectivity index is 2.01. The number of nitrogens with one attached hydrogen (secondary N) is 1. The lowest BCUT2D eigenvalue weighted by Gasteiger charge is -2.26. The zero-order chi connectivity index (χ0) is 17.7.